The van der Waals surface area contributed by atoms with Crippen LogP contribution in [-0.4, -0.2) is 68.1 Å². The lowest BCUT2D eigenvalue weighted by atomic mass is 10.1. The van der Waals surface area contributed by atoms with E-state index in [-0.39, 0.29) is 34.5 Å². The zero-order chi connectivity index (χ0) is 34.0. The van der Waals surface area contributed by atoms with Crippen LogP contribution in [0.25, 0.3) is 5.69 Å². The van der Waals surface area contributed by atoms with Gasteiger partial charge >= 0.3 is 6.18 Å². The summed E-state index contributed by atoms with van der Waals surface area (Å²) in [5, 5.41) is 22.1. The van der Waals surface area contributed by atoms with Gasteiger partial charge in [-0.15, -0.1) is 20.4 Å². The fourth-order valence-electron chi connectivity index (χ4n) is 4.10. The molecule has 2 N–H and O–H groups in total. The molecule has 4 aromatic rings. The Morgan fingerprint density at radius 1 is 0.915 bits per heavy atom. The Hall–Kier alpha value is -4.03. The lowest BCUT2D eigenvalue weighted by molar-refractivity contribution is -0.137. The standard InChI is InChI=1S/C29H32F3N7O5S3/c1-5-42-20-12-17(13-21(43-6-2)24(20)44-7-3)25(41)33-15-22-35-37-27(39(22)19-11-9-10-18(14-19)29(30,31)32)46-16-23(40)34-26-36-38-28(47-26)45-8-4/h9-14H,5-8,15-16H2,1-4H3,(H,33,41)(H,34,36,40). The minimum Gasteiger partial charge on any atom is -0.490 e. The number of carbonyl (C=O) groups excluding carboxylic acids is 2. The number of rotatable bonds is 16. The monoisotopic (exact) mass is 711 g/mol. The van der Waals surface area contributed by atoms with Crippen molar-refractivity contribution in [2.75, 3.05) is 36.6 Å². The molecule has 2 heterocycles. The summed E-state index contributed by atoms with van der Waals surface area (Å²) in [6.45, 7) is 8.13. The molecule has 4 rings (SSSR count). The topological polar surface area (TPSA) is 142 Å². The number of nitrogens with one attached hydrogen (secondary N) is 2. The van der Waals surface area contributed by atoms with Crippen LogP contribution in [0.1, 0.15) is 49.4 Å². The van der Waals surface area contributed by atoms with E-state index in [2.05, 4.69) is 31.0 Å². The molecule has 0 saturated heterocycles. The first-order valence-corrected chi connectivity index (χ1v) is 17.2. The molecule has 18 heteroatoms. The van der Waals surface area contributed by atoms with Gasteiger partial charge < -0.3 is 19.5 Å². The van der Waals surface area contributed by atoms with Crippen molar-refractivity contribution in [1.82, 2.24) is 30.3 Å². The minimum absolute atomic E-state index is 0.0978. The second-order valence-corrected chi connectivity index (χ2v) is 12.6. The van der Waals surface area contributed by atoms with E-state index in [0.29, 0.717) is 46.5 Å². The molecule has 0 atom stereocenters. The first kappa shape index (κ1) is 35.8. The van der Waals surface area contributed by atoms with Gasteiger partial charge in [-0.05, 0) is 56.9 Å². The van der Waals surface area contributed by atoms with E-state index in [1.807, 2.05) is 13.8 Å². The molecule has 0 bridgehead atoms. The van der Waals surface area contributed by atoms with Gasteiger partial charge in [0.05, 0.1) is 43.4 Å². The number of aromatic nitrogens is 5. The largest absolute Gasteiger partial charge is 0.490 e. The summed E-state index contributed by atoms with van der Waals surface area (Å²) in [5.74, 6) is 0.854. The average Bonchev–Trinajstić information content (AvgIpc) is 3.66. The van der Waals surface area contributed by atoms with Crippen molar-refractivity contribution in [3.8, 4) is 22.9 Å². The van der Waals surface area contributed by atoms with Gasteiger partial charge in [0.2, 0.25) is 16.8 Å². The van der Waals surface area contributed by atoms with Crippen molar-refractivity contribution >= 4 is 51.8 Å². The third-order valence-electron chi connectivity index (χ3n) is 5.96. The second-order valence-electron chi connectivity index (χ2n) is 9.21. The summed E-state index contributed by atoms with van der Waals surface area (Å²) in [6.07, 6.45) is -4.60. The van der Waals surface area contributed by atoms with Crippen molar-refractivity contribution in [2.24, 2.45) is 0 Å². The van der Waals surface area contributed by atoms with Gasteiger partial charge in [-0.25, -0.2) is 0 Å². The molecule has 0 aliphatic carbocycles. The number of alkyl halides is 3. The number of hydrogen-bond donors (Lipinski definition) is 2. The Balaban J connectivity index is 1.59. The fourth-order valence-corrected chi connectivity index (χ4v) is 6.53. The summed E-state index contributed by atoms with van der Waals surface area (Å²) < 4.78 is 60.0. The fraction of sp³-hybridized carbons (Fsp3) is 0.379. The molecule has 47 heavy (non-hydrogen) atoms. The molecule has 2 aromatic heterocycles. The summed E-state index contributed by atoms with van der Waals surface area (Å²) >= 11 is 3.68. The third kappa shape index (κ3) is 9.51. The van der Waals surface area contributed by atoms with Crippen molar-refractivity contribution in [2.45, 2.75) is 49.9 Å². The normalized spacial score (nSPS) is 11.3. The number of amides is 2. The molecule has 252 valence electrons. The van der Waals surface area contributed by atoms with Gasteiger partial charge in [0.15, 0.2) is 26.8 Å². The Bertz CT molecular complexity index is 1660. The van der Waals surface area contributed by atoms with E-state index in [9.17, 15) is 22.8 Å². The number of ether oxygens (including phenoxy) is 3. The highest BCUT2D eigenvalue weighted by molar-refractivity contribution is 8.01. The molecule has 0 spiro atoms. The highest BCUT2D eigenvalue weighted by Crippen LogP contribution is 2.39. The molecule has 2 amide bonds. The van der Waals surface area contributed by atoms with E-state index >= 15 is 0 Å². The van der Waals surface area contributed by atoms with Crippen LogP contribution in [0, 0.1) is 0 Å². The SMILES string of the molecule is CCOc1cc(C(=O)NCc2nnc(SCC(=O)Nc3nnc(SCC)s3)n2-c2cccc(C(F)(F)F)c2)cc(OCC)c1OCC. The van der Waals surface area contributed by atoms with Crippen molar-refractivity contribution < 1.29 is 37.0 Å². The number of thioether (sulfide) groups is 2. The second kappa shape index (κ2) is 16.7. The zero-order valence-electron chi connectivity index (χ0n) is 25.8. The maximum Gasteiger partial charge on any atom is 0.416 e. The predicted octanol–water partition coefficient (Wildman–Crippen LogP) is 6.11. The number of nitrogens with zero attached hydrogens (tertiary/aromatic N) is 5. The number of halogens is 3. The molecule has 0 saturated carbocycles. The molecule has 2 aromatic carbocycles. The number of anilines is 1. The van der Waals surface area contributed by atoms with Gasteiger partial charge in [-0.3, -0.25) is 19.5 Å². The molecular formula is C29H32F3N7O5S3. The summed E-state index contributed by atoms with van der Waals surface area (Å²) in [4.78, 5) is 26.0. The smallest absolute Gasteiger partial charge is 0.416 e. The number of carbonyl (C=O) groups is 2. The van der Waals surface area contributed by atoms with Crippen LogP contribution in [0.15, 0.2) is 45.9 Å². The van der Waals surface area contributed by atoms with E-state index in [4.69, 9.17) is 14.2 Å². The highest BCUT2D eigenvalue weighted by Gasteiger charge is 2.31. The molecule has 0 aliphatic rings. The van der Waals surface area contributed by atoms with Gasteiger partial charge in [-0.2, -0.15) is 13.2 Å². The molecule has 0 radical (unpaired) electrons. The summed E-state index contributed by atoms with van der Waals surface area (Å²) in [7, 11) is 0. The molecule has 0 aliphatic heterocycles. The summed E-state index contributed by atoms with van der Waals surface area (Å²) in [5.41, 5.74) is -0.583. The van der Waals surface area contributed by atoms with Gasteiger partial charge in [0.1, 0.15) is 0 Å². The first-order valence-electron chi connectivity index (χ1n) is 14.4. The van der Waals surface area contributed by atoms with E-state index < -0.39 is 23.6 Å². The quantitative estimate of drug-likeness (QED) is 0.103. The van der Waals surface area contributed by atoms with Crippen LogP contribution in [0.3, 0.4) is 0 Å². The lowest BCUT2D eigenvalue weighted by Gasteiger charge is -2.17. The van der Waals surface area contributed by atoms with Gasteiger partial charge in [0, 0.05) is 5.56 Å². The minimum atomic E-state index is -4.60. The average molecular weight is 712 g/mol. The van der Waals surface area contributed by atoms with Crippen LogP contribution >= 0.6 is 34.9 Å². The zero-order valence-corrected chi connectivity index (χ0v) is 28.3. The third-order valence-corrected chi connectivity index (χ3v) is 8.75. The van der Waals surface area contributed by atoms with Crippen LogP contribution in [0.2, 0.25) is 0 Å². The predicted molar refractivity (Wildman–Crippen MR) is 173 cm³/mol. The molecule has 0 unspecified atom stereocenters. The van der Waals surface area contributed by atoms with Crippen LogP contribution in [0.4, 0.5) is 18.3 Å². The maximum absolute atomic E-state index is 13.6. The van der Waals surface area contributed by atoms with Crippen molar-refractivity contribution in [1.29, 1.82) is 0 Å². The van der Waals surface area contributed by atoms with Crippen molar-refractivity contribution in [3.63, 3.8) is 0 Å². The van der Waals surface area contributed by atoms with Crippen LogP contribution in [-0.2, 0) is 17.5 Å². The molecular weight excluding hydrogens is 680 g/mol. The highest BCUT2D eigenvalue weighted by atomic mass is 32.2. The first-order chi connectivity index (χ1) is 22.6. The maximum atomic E-state index is 13.6. The van der Waals surface area contributed by atoms with Gasteiger partial charge in [0.25, 0.3) is 5.91 Å². The molecule has 12 nitrogen and oxygen atoms in total. The van der Waals surface area contributed by atoms with Gasteiger partial charge in [-0.1, -0.05) is 47.9 Å². The Morgan fingerprint density at radius 3 is 2.26 bits per heavy atom. The van der Waals surface area contributed by atoms with E-state index in [1.54, 1.807) is 13.8 Å². The van der Waals surface area contributed by atoms with Crippen LogP contribution in [0.5, 0.6) is 17.2 Å². The molecule has 0 fully saturated rings. The Morgan fingerprint density at radius 2 is 1.62 bits per heavy atom. The van der Waals surface area contributed by atoms with Crippen molar-refractivity contribution in [3.05, 3.63) is 53.3 Å². The van der Waals surface area contributed by atoms with E-state index in [1.165, 1.54) is 51.9 Å². The van der Waals surface area contributed by atoms with Crippen LogP contribution < -0.4 is 24.8 Å². The Kier molecular flexibility index (Phi) is 12.7. The Labute approximate surface area is 281 Å². The number of hydrogen-bond acceptors (Lipinski definition) is 12. The number of benzene rings is 2. The van der Waals surface area contributed by atoms with E-state index in [0.717, 1.165) is 29.6 Å². The summed E-state index contributed by atoms with van der Waals surface area (Å²) in [6, 6.07) is 7.64. The lowest BCUT2D eigenvalue weighted by Crippen LogP contribution is -2.25.